The first-order valence-corrected chi connectivity index (χ1v) is 7.78. The fourth-order valence-corrected chi connectivity index (χ4v) is 3.03. The predicted octanol–water partition coefficient (Wildman–Crippen LogP) is 3.70. The number of methoxy groups -OCH3 is 1. The van der Waals surface area contributed by atoms with E-state index in [1.54, 1.807) is 31.4 Å². The van der Waals surface area contributed by atoms with Gasteiger partial charge in [0.25, 0.3) is 5.91 Å². The number of hydrogen-bond acceptors (Lipinski definition) is 5. The van der Waals surface area contributed by atoms with Crippen LogP contribution < -0.4 is 10.1 Å². The third-order valence-corrected chi connectivity index (χ3v) is 4.33. The van der Waals surface area contributed by atoms with Crippen LogP contribution in [0.15, 0.2) is 24.3 Å². The molecule has 1 amide bonds. The Bertz CT molecular complexity index is 608. The number of ether oxygens (including phenoxy) is 1. The lowest BCUT2D eigenvalue weighted by Crippen LogP contribution is -2.11. The number of aromatic nitrogens is 2. The molecule has 0 unspecified atom stereocenters. The molecule has 2 rings (SSSR count). The van der Waals surface area contributed by atoms with E-state index in [1.807, 2.05) is 0 Å². The summed E-state index contributed by atoms with van der Waals surface area (Å²) >= 11 is 1.44. The lowest BCUT2D eigenvalue weighted by atomic mass is 10.1. The van der Waals surface area contributed by atoms with Gasteiger partial charge in [0, 0.05) is 11.5 Å². The Morgan fingerprint density at radius 3 is 2.76 bits per heavy atom. The van der Waals surface area contributed by atoms with E-state index in [2.05, 4.69) is 29.4 Å². The van der Waals surface area contributed by atoms with Crippen molar-refractivity contribution in [3.63, 3.8) is 0 Å². The Labute approximate surface area is 128 Å². The first kappa shape index (κ1) is 15.4. The van der Waals surface area contributed by atoms with Crippen LogP contribution >= 0.6 is 11.3 Å². The Morgan fingerprint density at radius 1 is 1.33 bits per heavy atom. The molecule has 1 N–H and O–H groups in total. The average molecular weight is 305 g/mol. The normalized spacial score (nSPS) is 10.7. The number of carbonyl (C=O) groups is 1. The van der Waals surface area contributed by atoms with Crippen LogP contribution in [0, 0.1) is 0 Å². The number of nitrogens with zero attached hydrogens (tertiary/aromatic N) is 2. The quantitative estimate of drug-likeness (QED) is 0.883. The molecular weight excluding hydrogens is 286 g/mol. The molecule has 0 aliphatic heterocycles. The molecule has 0 saturated heterocycles. The molecular formula is C15H19N3O2S. The summed E-state index contributed by atoms with van der Waals surface area (Å²) in [5, 5.41) is 12.5. The van der Waals surface area contributed by atoms with Crippen LogP contribution in [-0.2, 0) is 0 Å². The highest BCUT2D eigenvalue weighted by Crippen LogP contribution is 2.28. The van der Waals surface area contributed by atoms with Crippen molar-refractivity contribution in [3.05, 3.63) is 34.8 Å². The second-order valence-corrected chi connectivity index (χ2v) is 5.65. The van der Waals surface area contributed by atoms with Crippen LogP contribution in [0.4, 0.5) is 5.13 Å². The number of hydrogen-bond donors (Lipinski definition) is 1. The van der Waals surface area contributed by atoms with Crippen LogP contribution in [0.25, 0.3) is 0 Å². The zero-order chi connectivity index (χ0) is 15.2. The molecule has 0 aliphatic carbocycles. The van der Waals surface area contributed by atoms with E-state index >= 15 is 0 Å². The third kappa shape index (κ3) is 3.78. The van der Waals surface area contributed by atoms with E-state index in [1.165, 1.54) is 11.3 Å². The van der Waals surface area contributed by atoms with Crippen LogP contribution in [0.1, 0.15) is 48.0 Å². The molecule has 2 aromatic rings. The Morgan fingerprint density at radius 2 is 2.10 bits per heavy atom. The summed E-state index contributed by atoms with van der Waals surface area (Å²) in [5.41, 5.74) is 0.536. The van der Waals surface area contributed by atoms with Crippen LogP contribution in [0.5, 0.6) is 5.75 Å². The maximum absolute atomic E-state index is 12.2. The number of nitrogens with one attached hydrogen (secondary N) is 1. The Kier molecular flexibility index (Phi) is 5.27. The van der Waals surface area contributed by atoms with Crippen molar-refractivity contribution >= 4 is 22.4 Å². The average Bonchev–Trinajstić information content (AvgIpc) is 2.97. The monoisotopic (exact) mass is 305 g/mol. The lowest BCUT2D eigenvalue weighted by Gasteiger charge is -2.06. The van der Waals surface area contributed by atoms with Gasteiger partial charge in [0.15, 0.2) is 0 Å². The van der Waals surface area contributed by atoms with E-state index in [0.717, 1.165) is 17.8 Å². The SMILES string of the molecule is CCC(CC)c1nnc(NC(=O)c2cccc(OC)c2)s1. The number of benzene rings is 1. The van der Waals surface area contributed by atoms with Gasteiger partial charge in [-0.25, -0.2) is 0 Å². The van der Waals surface area contributed by atoms with Gasteiger partial charge >= 0.3 is 0 Å². The van der Waals surface area contributed by atoms with Crippen molar-refractivity contribution in [2.75, 3.05) is 12.4 Å². The van der Waals surface area contributed by atoms with Crippen molar-refractivity contribution in [3.8, 4) is 5.75 Å². The third-order valence-electron chi connectivity index (χ3n) is 3.33. The van der Waals surface area contributed by atoms with E-state index in [0.29, 0.717) is 22.4 Å². The molecule has 0 saturated carbocycles. The van der Waals surface area contributed by atoms with E-state index in [9.17, 15) is 4.79 Å². The van der Waals surface area contributed by atoms with Gasteiger partial charge in [0.1, 0.15) is 10.8 Å². The summed E-state index contributed by atoms with van der Waals surface area (Å²) < 4.78 is 5.11. The second kappa shape index (κ2) is 7.17. The summed E-state index contributed by atoms with van der Waals surface area (Å²) in [5.74, 6) is 0.851. The summed E-state index contributed by atoms with van der Waals surface area (Å²) in [7, 11) is 1.57. The molecule has 6 heteroatoms. The summed E-state index contributed by atoms with van der Waals surface area (Å²) in [6.45, 7) is 4.26. The van der Waals surface area contributed by atoms with Crippen molar-refractivity contribution in [1.29, 1.82) is 0 Å². The molecule has 1 aromatic carbocycles. The largest absolute Gasteiger partial charge is 0.497 e. The first-order valence-electron chi connectivity index (χ1n) is 6.96. The minimum Gasteiger partial charge on any atom is -0.497 e. The second-order valence-electron chi connectivity index (χ2n) is 4.64. The highest BCUT2D eigenvalue weighted by atomic mass is 32.1. The van der Waals surface area contributed by atoms with Gasteiger partial charge in [0.2, 0.25) is 5.13 Å². The fraction of sp³-hybridized carbons (Fsp3) is 0.400. The molecule has 1 aromatic heterocycles. The molecule has 21 heavy (non-hydrogen) atoms. The zero-order valence-corrected chi connectivity index (χ0v) is 13.2. The van der Waals surface area contributed by atoms with Crippen molar-refractivity contribution in [2.24, 2.45) is 0 Å². The smallest absolute Gasteiger partial charge is 0.257 e. The number of amides is 1. The van der Waals surface area contributed by atoms with Gasteiger partial charge in [0.05, 0.1) is 7.11 Å². The van der Waals surface area contributed by atoms with Crippen molar-refractivity contribution in [1.82, 2.24) is 10.2 Å². The van der Waals surface area contributed by atoms with Crippen LogP contribution in [-0.4, -0.2) is 23.2 Å². The summed E-state index contributed by atoms with van der Waals surface area (Å²) in [4.78, 5) is 12.2. The highest BCUT2D eigenvalue weighted by Gasteiger charge is 2.15. The molecule has 0 fully saturated rings. The van der Waals surface area contributed by atoms with Crippen molar-refractivity contribution < 1.29 is 9.53 Å². The van der Waals surface area contributed by atoms with E-state index in [-0.39, 0.29) is 5.91 Å². The number of rotatable bonds is 6. The Balaban J connectivity index is 2.09. The minimum atomic E-state index is -0.207. The van der Waals surface area contributed by atoms with Gasteiger partial charge in [-0.3, -0.25) is 10.1 Å². The standard InChI is InChI=1S/C15H19N3O2S/c1-4-10(5-2)14-17-18-15(21-14)16-13(19)11-7-6-8-12(9-11)20-3/h6-10H,4-5H2,1-3H3,(H,16,18,19). The summed E-state index contributed by atoms with van der Waals surface area (Å²) in [6.07, 6.45) is 2.05. The van der Waals surface area contributed by atoms with Crippen LogP contribution in [0.3, 0.4) is 0 Å². The van der Waals surface area contributed by atoms with Gasteiger partial charge in [-0.2, -0.15) is 0 Å². The molecule has 5 nitrogen and oxygen atoms in total. The van der Waals surface area contributed by atoms with E-state index in [4.69, 9.17) is 4.74 Å². The molecule has 0 aliphatic rings. The summed E-state index contributed by atoms with van der Waals surface area (Å²) in [6, 6.07) is 7.01. The molecule has 0 radical (unpaired) electrons. The van der Waals surface area contributed by atoms with E-state index < -0.39 is 0 Å². The molecule has 112 valence electrons. The number of carbonyl (C=O) groups excluding carboxylic acids is 1. The zero-order valence-electron chi connectivity index (χ0n) is 12.4. The maximum atomic E-state index is 12.2. The topological polar surface area (TPSA) is 64.1 Å². The molecule has 1 heterocycles. The molecule has 0 atom stereocenters. The predicted molar refractivity (Wildman–Crippen MR) is 84.2 cm³/mol. The van der Waals surface area contributed by atoms with Gasteiger partial charge in [-0.05, 0) is 31.0 Å². The van der Waals surface area contributed by atoms with Crippen LogP contribution in [0.2, 0.25) is 0 Å². The van der Waals surface area contributed by atoms with Gasteiger partial charge in [-0.15, -0.1) is 10.2 Å². The number of anilines is 1. The Hall–Kier alpha value is -1.95. The van der Waals surface area contributed by atoms with Gasteiger partial charge in [-0.1, -0.05) is 31.3 Å². The molecule has 0 bridgehead atoms. The van der Waals surface area contributed by atoms with Gasteiger partial charge < -0.3 is 4.74 Å². The molecule has 0 spiro atoms. The lowest BCUT2D eigenvalue weighted by molar-refractivity contribution is 0.102. The van der Waals surface area contributed by atoms with Crippen molar-refractivity contribution in [2.45, 2.75) is 32.6 Å². The fourth-order valence-electron chi connectivity index (χ4n) is 2.02. The maximum Gasteiger partial charge on any atom is 0.257 e. The first-order chi connectivity index (χ1) is 10.2. The highest BCUT2D eigenvalue weighted by molar-refractivity contribution is 7.15. The minimum absolute atomic E-state index is 0.207.